The molecular weight excluding hydrogens is 354 g/mol. The predicted octanol–water partition coefficient (Wildman–Crippen LogP) is 3.31. The van der Waals surface area contributed by atoms with Gasteiger partial charge in [-0.2, -0.15) is 5.10 Å². The Bertz CT molecular complexity index is 1120. The lowest BCUT2D eigenvalue weighted by Crippen LogP contribution is -2.22. The Balaban J connectivity index is 1.70. The number of benzene rings is 2. The van der Waals surface area contributed by atoms with Crippen molar-refractivity contribution in [3.8, 4) is 0 Å². The summed E-state index contributed by atoms with van der Waals surface area (Å²) >= 11 is 0. The number of amides is 1. The Morgan fingerprint density at radius 2 is 1.89 bits per heavy atom. The van der Waals surface area contributed by atoms with E-state index in [2.05, 4.69) is 15.5 Å². The van der Waals surface area contributed by atoms with Crippen molar-refractivity contribution in [3.63, 3.8) is 0 Å². The molecule has 1 aromatic heterocycles. The normalized spacial score (nSPS) is 14.7. The summed E-state index contributed by atoms with van der Waals surface area (Å²) in [5.41, 5.74) is 13.8. The van der Waals surface area contributed by atoms with Gasteiger partial charge in [0.15, 0.2) is 5.76 Å². The minimum absolute atomic E-state index is 0.102. The van der Waals surface area contributed by atoms with Gasteiger partial charge in [-0.3, -0.25) is 4.79 Å². The van der Waals surface area contributed by atoms with Gasteiger partial charge in [0.05, 0.1) is 5.71 Å². The Labute approximate surface area is 162 Å². The molecule has 0 aliphatic heterocycles. The van der Waals surface area contributed by atoms with Crippen LogP contribution in [0.4, 0.5) is 5.69 Å². The summed E-state index contributed by atoms with van der Waals surface area (Å²) in [6, 6.07) is 13.7. The third-order valence-corrected chi connectivity index (χ3v) is 4.86. The van der Waals surface area contributed by atoms with Crippen molar-refractivity contribution >= 4 is 34.0 Å². The molecule has 0 fully saturated rings. The molecule has 2 aromatic carbocycles. The summed E-state index contributed by atoms with van der Waals surface area (Å²) in [5, 5.41) is 12.9. The maximum Gasteiger partial charge on any atom is 0.291 e. The predicted molar refractivity (Wildman–Crippen MR) is 111 cm³/mol. The standard InChI is InChI=1S/C21H21N5O2/c1-12-18-16(25-26-21(22)23)10-5-11-17(18)28-19(12)20(27)24-15-9-4-7-13-6-2-3-8-14(13)15/h2-4,6-9H,5,10-11H2,1H3,(H,24,27)(H4,22,23,26)/b25-16+. The average molecular weight is 375 g/mol. The van der Waals surface area contributed by atoms with Gasteiger partial charge in [0.2, 0.25) is 5.96 Å². The van der Waals surface area contributed by atoms with Crippen LogP contribution in [0.5, 0.6) is 0 Å². The monoisotopic (exact) mass is 375 g/mol. The molecule has 0 atom stereocenters. The largest absolute Gasteiger partial charge is 0.455 e. The van der Waals surface area contributed by atoms with Crippen molar-refractivity contribution in [2.24, 2.45) is 21.7 Å². The van der Waals surface area contributed by atoms with Crippen molar-refractivity contribution in [2.75, 3.05) is 5.32 Å². The Morgan fingerprint density at radius 3 is 2.71 bits per heavy atom. The number of nitrogens with one attached hydrogen (secondary N) is 1. The van der Waals surface area contributed by atoms with Gasteiger partial charge in [-0.1, -0.05) is 36.4 Å². The molecule has 3 aromatic rings. The summed E-state index contributed by atoms with van der Waals surface area (Å²) in [6.45, 7) is 1.86. The average Bonchev–Trinajstić information content (AvgIpc) is 3.04. The van der Waals surface area contributed by atoms with Crippen molar-refractivity contribution in [3.05, 3.63) is 65.1 Å². The molecule has 7 heteroatoms. The highest BCUT2D eigenvalue weighted by Crippen LogP contribution is 2.31. The zero-order chi connectivity index (χ0) is 19.7. The van der Waals surface area contributed by atoms with Crippen LogP contribution < -0.4 is 16.8 Å². The number of carbonyl (C=O) groups excluding carboxylic acids is 1. The summed E-state index contributed by atoms with van der Waals surface area (Å²) in [7, 11) is 0. The fraction of sp³-hybridized carbons (Fsp3) is 0.190. The fourth-order valence-corrected chi connectivity index (χ4v) is 3.62. The van der Waals surface area contributed by atoms with Crippen LogP contribution in [0.3, 0.4) is 0 Å². The molecule has 1 heterocycles. The van der Waals surface area contributed by atoms with Crippen LogP contribution in [0.15, 0.2) is 57.1 Å². The molecule has 142 valence electrons. The van der Waals surface area contributed by atoms with E-state index in [1.54, 1.807) is 0 Å². The van der Waals surface area contributed by atoms with Crippen LogP contribution in [-0.4, -0.2) is 17.6 Å². The van der Waals surface area contributed by atoms with Crippen LogP contribution >= 0.6 is 0 Å². The quantitative estimate of drug-likeness (QED) is 0.369. The van der Waals surface area contributed by atoms with Gasteiger partial charge >= 0.3 is 0 Å². The molecule has 1 aliphatic carbocycles. The molecule has 0 saturated heterocycles. The Kier molecular flexibility index (Phi) is 4.57. The number of nitrogens with two attached hydrogens (primary N) is 2. The van der Waals surface area contributed by atoms with E-state index in [4.69, 9.17) is 15.9 Å². The maximum atomic E-state index is 13.0. The van der Waals surface area contributed by atoms with Crippen LogP contribution in [0.25, 0.3) is 10.8 Å². The van der Waals surface area contributed by atoms with Crippen LogP contribution in [0, 0.1) is 6.92 Å². The summed E-state index contributed by atoms with van der Waals surface area (Å²) in [4.78, 5) is 13.0. The summed E-state index contributed by atoms with van der Waals surface area (Å²) in [5.74, 6) is 0.646. The van der Waals surface area contributed by atoms with E-state index in [0.29, 0.717) is 0 Å². The first-order valence-corrected chi connectivity index (χ1v) is 9.12. The molecule has 0 spiro atoms. The number of hydrogen-bond acceptors (Lipinski definition) is 4. The third-order valence-electron chi connectivity index (χ3n) is 4.86. The first-order chi connectivity index (χ1) is 13.5. The molecular formula is C21H21N5O2. The highest BCUT2D eigenvalue weighted by Gasteiger charge is 2.28. The highest BCUT2D eigenvalue weighted by molar-refractivity contribution is 6.11. The van der Waals surface area contributed by atoms with Gasteiger partial charge in [-0.25, -0.2) is 0 Å². The third kappa shape index (κ3) is 3.22. The first kappa shape index (κ1) is 17.8. The highest BCUT2D eigenvalue weighted by atomic mass is 16.4. The number of nitrogens with zero attached hydrogens (tertiary/aromatic N) is 2. The van der Waals surface area contributed by atoms with Gasteiger partial charge in [-0.15, -0.1) is 5.10 Å². The van der Waals surface area contributed by atoms with Crippen molar-refractivity contribution in [1.29, 1.82) is 0 Å². The number of fused-ring (bicyclic) bond motifs is 2. The van der Waals surface area contributed by atoms with E-state index in [-0.39, 0.29) is 17.6 Å². The molecule has 1 aliphatic rings. The Hall–Kier alpha value is -3.61. The topological polar surface area (TPSA) is 119 Å². The number of furan rings is 1. The molecule has 4 rings (SSSR count). The number of hydrogen-bond donors (Lipinski definition) is 3. The van der Waals surface area contributed by atoms with Gasteiger partial charge < -0.3 is 21.2 Å². The second-order valence-corrected chi connectivity index (χ2v) is 6.76. The number of guanidine groups is 1. The van der Waals surface area contributed by atoms with E-state index < -0.39 is 0 Å². The summed E-state index contributed by atoms with van der Waals surface area (Å²) < 4.78 is 5.92. The van der Waals surface area contributed by atoms with E-state index in [9.17, 15) is 4.79 Å². The minimum atomic E-state index is -0.288. The van der Waals surface area contributed by atoms with Crippen LogP contribution in [0.1, 0.15) is 40.3 Å². The van der Waals surface area contributed by atoms with Crippen LogP contribution in [-0.2, 0) is 6.42 Å². The Morgan fingerprint density at radius 1 is 1.11 bits per heavy atom. The van der Waals surface area contributed by atoms with E-state index >= 15 is 0 Å². The number of rotatable bonds is 3. The lowest BCUT2D eigenvalue weighted by Gasteiger charge is -2.11. The van der Waals surface area contributed by atoms with Crippen molar-refractivity contribution < 1.29 is 9.21 Å². The van der Waals surface area contributed by atoms with Crippen LogP contribution in [0.2, 0.25) is 0 Å². The fourth-order valence-electron chi connectivity index (χ4n) is 3.62. The van der Waals surface area contributed by atoms with Crippen molar-refractivity contribution in [2.45, 2.75) is 26.2 Å². The van der Waals surface area contributed by atoms with Gasteiger partial charge in [0, 0.05) is 28.6 Å². The molecule has 5 N–H and O–H groups in total. The van der Waals surface area contributed by atoms with E-state index in [1.807, 2.05) is 49.4 Å². The van der Waals surface area contributed by atoms with Gasteiger partial charge in [-0.05, 0) is 31.2 Å². The SMILES string of the molecule is Cc1c(C(=O)Nc2cccc3ccccc23)oc2c1/C(=N/N=C(N)N)CCC2. The molecule has 0 saturated carbocycles. The molecule has 28 heavy (non-hydrogen) atoms. The summed E-state index contributed by atoms with van der Waals surface area (Å²) in [6.07, 6.45) is 2.34. The van der Waals surface area contributed by atoms with Gasteiger partial charge in [0.1, 0.15) is 5.76 Å². The number of anilines is 1. The molecule has 0 unspecified atom stereocenters. The lowest BCUT2D eigenvalue weighted by molar-refractivity contribution is 0.0994. The molecule has 0 radical (unpaired) electrons. The lowest BCUT2D eigenvalue weighted by atomic mass is 9.93. The smallest absolute Gasteiger partial charge is 0.291 e. The van der Waals surface area contributed by atoms with E-state index in [0.717, 1.165) is 58.3 Å². The zero-order valence-electron chi connectivity index (χ0n) is 15.5. The molecule has 0 bridgehead atoms. The van der Waals surface area contributed by atoms with Gasteiger partial charge in [0.25, 0.3) is 5.91 Å². The second-order valence-electron chi connectivity index (χ2n) is 6.76. The minimum Gasteiger partial charge on any atom is -0.455 e. The van der Waals surface area contributed by atoms with E-state index in [1.165, 1.54) is 0 Å². The zero-order valence-corrected chi connectivity index (χ0v) is 15.5. The number of aryl methyl sites for hydroxylation is 1. The molecule has 7 nitrogen and oxygen atoms in total. The molecule has 1 amide bonds. The first-order valence-electron chi connectivity index (χ1n) is 9.12. The second kappa shape index (κ2) is 7.19. The number of carbonyl (C=O) groups is 1. The van der Waals surface area contributed by atoms with Crippen molar-refractivity contribution in [1.82, 2.24) is 0 Å². The maximum absolute atomic E-state index is 13.0.